The van der Waals surface area contributed by atoms with E-state index >= 15 is 0 Å². The molecule has 1 aliphatic rings. The van der Waals surface area contributed by atoms with Crippen LogP contribution in [-0.4, -0.2) is 62.5 Å². The standard InChI is InChI=1S/C10H17N3O/c1-12(2)10(14)4-3-7-13-8-5-11-6-9-13/h11H,5-9H2,1-2H3. The van der Waals surface area contributed by atoms with Crippen molar-refractivity contribution in [3.63, 3.8) is 0 Å². The van der Waals surface area contributed by atoms with Crippen molar-refractivity contribution >= 4 is 5.91 Å². The Morgan fingerprint density at radius 1 is 1.43 bits per heavy atom. The first-order valence-electron chi connectivity index (χ1n) is 4.83. The topological polar surface area (TPSA) is 35.6 Å². The largest absolute Gasteiger partial charge is 0.338 e. The Hall–Kier alpha value is -1.05. The van der Waals surface area contributed by atoms with E-state index in [0.29, 0.717) is 6.54 Å². The highest BCUT2D eigenvalue weighted by atomic mass is 16.2. The average Bonchev–Trinajstić information content (AvgIpc) is 2.19. The lowest BCUT2D eigenvalue weighted by Crippen LogP contribution is -2.43. The summed E-state index contributed by atoms with van der Waals surface area (Å²) >= 11 is 0. The number of nitrogens with one attached hydrogen (secondary N) is 1. The number of piperazine rings is 1. The van der Waals surface area contributed by atoms with Gasteiger partial charge in [0.15, 0.2) is 0 Å². The van der Waals surface area contributed by atoms with Gasteiger partial charge in [-0.2, -0.15) is 0 Å². The third-order valence-electron chi connectivity index (χ3n) is 2.11. The molecule has 0 saturated carbocycles. The Morgan fingerprint density at radius 3 is 2.64 bits per heavy atom. The van der Waals surface area contributed by atoms with Gasteiger partial charge in [0.05, 0.1) is 6.54 Å². The van der Waals surface area contributed by atoms with Gasteiger partial charge in [-0.3, -0.25) is 9.69 Å². The van der Waals surface area contributed by atoms with Gasteiger partial charge in [-0.25, -0.2) is 0 Å². The fraction of sp³-hybridized carbons (Fsp3) is 0.700. The van der Waals surface area contributed by atoms with Crippen molar-refractivity contribution in [3.05, 3.63) is 0 Å². The summed E-state index contributed by atoms with van der Waals surface area (Å²) < 4.78 is 0. The summed E-state index contributed by atoms with van der Waals surface area (Å²) in [6.07, 6.45) is 0. The Morgan fingerprint density at radius 2 is 2.07 bits per heavy atom. The van der Waals surface area contributed by atoms with Gasteiger partial charge in [-0.1, -0.05) is 5.92 Å². The molecule has 1 N–H and O–H groups in total. The first-order valence-corrected chi connectivity index (χ1v) is 4.83. The van der Waals surface area contributed by atoms with Crippen LogP contribution >= 0.6 is 0 Å². The van der Waals surface area contributed by atoms with Crippen LogP contribution in [0.15, 0.2) is 0 Å². The van der Waals surface area contributed by atoms with Crippen molar-refractivity contribution in [2.75, 3.05) is 46.8 Å². The second-order valence-corrected chi connectivity index (χ2v) is 3.53. The van der Waals surface area contributed by atoms with Crippen molar-refractivity contribution in [1.82, 2.24) is 15.1 Å². The summed E-state index contributed by atoms with van der Waals surface area (Å²) in [6.45, 7) is 4.77. The highest BCUT2D eigenvalue weighted by Gasteiger charge is 2.06. The molecule has 0 aromatic carbocycles. The number of carbonyl (C=O) groups excluding carboxylic acids is 1. The van der Waals surface area contributed by atoms with Crippen molar-refractivity contribution in [2.24, 2.45) is 0 Å². The van der Waals surface area contributed by atoms with Crippen LogP contribution in [0.4, 0.5) is 0 Å². The maximum absolute atomic E-state index is 11.1. The highest BCUT2D eigenvalue weighted by molar-refractivity contribution is 5.93. The van der Waals surface area contributed by atoms with Crippen LogP contribution < -0.4 is 5.32 Å². The maximum Gasteiger partial charge on any atom is 0.297 e. The van der Waals surface area contributed by atoms with Crippen LogP contribution in [0.2, 0.25) is 0 Å². The molecular weight excluding hydrogens is 178 g/mol. The average molecular weight is 195 g/mol. The third-order valence-corrected chi connectivity index (χ3v) is 2.11. The molecule has 1 rings (SSSR count). The zero-order valence-corrected chi connectivity index (χ0v) is 8.84. The minimum atomic E-state index is -0.125. The molecule has 14 heavy (non-hydrogen) atoms. The van der Waals surface area contributed by atoms with Gasteiger partial charge in [0, 0.05) is 40.3 Å². The number of hydrogen-bond donors (Lipinski definition) is 1. The molecule has 1 fully saturated rings. The molecule has 1 aliphatic heterocycles. The summed E-state index contributed by atoms with van der Waals surface area (Å²) in [4.78, 5) is 14.8. The molecule has 0 aliphatic carbocycles. The van der Waals surface area contributed by atoms with E-state index in [2.05, 4.69) is 22.1 Å². The van der Waals surface area contributed by atoms with E-state index in [0.717, 1.165) is 26.2 Å². The van der Waals surface area contributed by atoms with Crippen molar-refractivity contribution in [2.45, 2.75) is 0 Å². The molecule has 0 radical (unpaired) electrons. The monoisotopic (exact) mass is 195 g/mol. The molecule has 0 spiro atoms. The molecular formula is C10H17N3O. The van der Waals surface area contributed by atoms with Gasteiger partial charge >= 0.3 is 0 Å². The van der Waals surface area contributed by atoms with Crippen molar-refractivity contribution < 1.29 is 4.79 Å². The van der Waals surface area contributed by atoms with E-state index in [1.807, 2.05) is 0 Å². The SMILES string of the molecule is CN(C)C(=O)C#CCN1CCNCC1. The molecule has 1 amide bonds. The summed E-state index contributed by atoms with van der Waals surface area (Å²) in [5.74, 6) is 5.37. The van der Waals surface area contributed by atoms with Gasteiger partial charge in [0.25, 0.3) is 5.91 Å². The molecule has 0 aromatic heterocycles. The first kappa shape index (κ1) is 11.0. The van der Waals surface area contributed by atoms with Crippen molar-refractivity contribution in [1.29, 1.82) is 0 Å². The van der Waals surface area contributed by atoms with Gasteiger partial charge in [-0.15, -0.1) is 0 Å². The van der Waals surface area contributed by atoms with Crippen LogP contribution in [0.3, 0.4) is 0 Å². The normalized spacial score (nSPS) is 17.0. The lowest BCUT2D eigenvalue weighted by atomic mass is 10.3. The maximum atomic E-state index is 11.1. The van der Waals surface area contributed by atoms with E-state index in [1.165, 1.54) is 4.90 Å². The smallest absolute Gasteiger partial charge is 0.297 e. The number of nitrogens with zero attached hydrogens (tertiary/aromatic N) is 2. The zero-order chi connectivity index (χ0) is 10.4. The van der Waals surface area contributed by atoms with E-state index in [9.17, 15) is 4.79 Å². The molecule has 0 unspecified atom stereocenters. The Balaban J connectivity index is 2.27. The van der Waals surface area contributed by atoms with Gasteiger partial charge < -0.3 is 10.2 Å². The number of carbonyl (C=O) groups is 1. The fourth-order valence-corrected chi connectivity index (χ4v) is 1.21. The summed E-state index contributed by atoms with van der Waals surface area (Å²) in [7, 11) is 3.42. The van der Waals surface area contributed by atoms with Crippen molar-refractivity contribution in [3.8, 4) is 11.8 Å². The minimum absolute atomic E-state index is 0.125. The molecule has 4 nitrogen and oxygen atoms in total. The highest BCUT2D eigenvalue weighted by Crippen LogP contribution is 1.89. The van der Waals surface area contributed by atoms with E-state index in [-0.39, 0.29) is 5.91 Å². The quantitative estimate of drug-likeness (QED) is 0.544. The predicted octanol–water partition coefficient (Wildman–Crippen LogP) is -1.02. The van der Waals surface area contributed by atoms with Gasteiger partial charge in [0.2, 0.25) is 0 Å². The Bertz CT molecular complexity index is 246. The molecule has 0 aromatic rings. The minimum Gasteiger partial charge on any atom is -0.338 e. The molecule has 78 valence electrons. The lowest BCUT2D eigenvalue weighted by molar-refractivity contribution is -0.122. The molecule has 4 heteroatoms. The summed E-state index contributed by atoms with van der Waals surface area (Å²) in [5.41, 5.74) is 0. The second kappa shape index (κ2) is 5.63. The predicted molar refractivity (Wildman–Crippen MR) is 55.8 cm³/mol. The Labute approximate surface area is 85.2 Å². The Kier molecular flexibility index (Phi) is 4.44. The van der Waals surface area contributed by atoms with Crippen LogP contribution in [-0.2, 0) is 4.79 Å². The lowest BCUT2D eigenvalue weighted by Gasteiger charge is -2.24. The van der Waals surface area contributed by atoms with E-state index < -0.39 is 0 Å². The van der Waals surface area contributed by atoms with Gasteiger partial charge in [0.1, 0.15) is 0 Å². The first-order chi connectivity index (χ1) is 6.70. The second-order valence-electron chi connectivity index (χ2n) is 3.53. The van der Waals surface area contributed by atoms with Crippen LogP contribution in [0.25, 0.3) is 0 Å². The fourth-order valence-electron chi connectivity index (χ4n) is 1.21. The van der Waals surface area contributed by atoms with E-state index in [4.69, 9.17) is 0 Å². The van der Waals surface area contributed by atoms with E-state index in [1.54, 1.807) is 14.1 Å². The zero-order valence-electron chi connectivity index (χ0n) is 8.84. The third kappa shape index (κ3) is 3.77. The summed E-state index contributed by atoms with van der Waals surface area (Å²) in [5, 5.41) is 3.27. The van der Waals surface area contributed by atoms with Crippen LogP contribution in [0, 0.1) is 11.8 Å². The van der Waals surface area contributed by atoms with Crippen LogP contribution in [0.5, 0.6) is 0 Å². The van der Waals surface area contributed by atoms with Crippen LogP contribution in [0.1, 0.15) is 0 Å². The van der Waals surface area contributed by atoms with Gasteiger partial charge in [-0.05, 0) is 5.92 Å². The summed E-state index contributed by atoms with van der Waals surface area (Å²) in [6, 6.07) is 0. The number of rotatable bonds is 1. The number of amides is 1. The number of hydrogen-bond acceptors (Lipinski definition) is 3. The molecule has 1 heterocycles. The molecule has 1 saturated heterocycles. The molecule has 0 bridgehead atoms. The molecule has 0 atom stereocenters.